The Kier molecular flexibility index (Phi) is 3.62. The minimum absolute atomic E-state index is 0. The van der Waals surface area contributed by atoms with Crippen LogP contribution in [0.5, 0.6) is 0 Å². The van der Waals surface area contributed by atoms with Gasteiger partial charge in [0.05, 0.1) is 5.41 Å². The number of hydrogen-bond acceptors (Lipinski definition) is 0. The lowest BCUT2D eigenvalue weighted by atomic mass is 9.68. The van der Waals surface area contributed by atoms with E-state index in [0.717, 1.165) is 0 Å². The minimum atomic E-state index is 0. The third-order valence-corrected chi connectivity index (χ3v) is 4.68. The van der Waals surface area contributed by atoms with Crippen LogP contribution in [0.3, 0.4) is 0 Å². The summed E-state index contributed by atoms with van der Waals surface area (Å²) >= 11 is 0. The van der Waals surface area contributed by atoms with Crippen LogP contribution in [0.2, 0.25) is 0 Å². The van der Waals surface area contributed by atoms with Gasteiger partial charge in [-0.2, -0.15) is 0 Å². The summed E-state index contributed by atoms with van der Waals surface area (Å²) in [5.74, 6) is 0. The molecule has 0 saturated heterocycles. The smallest absolute Gasteiger partial charge is 0.209 e. The molecular weight excluding hydrogens is 321 g/mol. The molecule has 0 N–H and O–H groups in total. The monoisotopic (exact) mass is 341 g/mol. The SMILES string of the molecule is CC1=[N+](C)c2ccccc2C12CCCCC2.[I-]. The fourth-order valence-electron chi connectivity index (χ4n) is 3.65. The quantitative estimate of drug-likeness (QED) is 0.481. The Bertz CT molecular complexity index is 456. The molecule has 1 aromatic rings. The maximum atomic E-state index is 2.40. The van der Waals surface area contributed by atoms with Gasteiger partial charge in [-0.15, -0.1) is 0 Å². The molecule has 17 heavy (non-hydrogen) atoms. The second-order valence-corrected chi connectivity index (χ2v) is 5.30. The number of benzene rings is 1. The predicted octanol–water partition coefficient (Wildman–Crippen LogP) is 0.641. The van der Waals surface area contributed by atoms with Crippen LogP contribution in [-0.4, -0.2) is 17.3 Å². The van der Waals surface area contributed by atoms with Crippen molar-refractivity contribution in [1.29, 1.82) is 0 Å². The van der Waals surface area contributed by atoms with E-state index in [9.17, 15) is 0 Å². The first-order chi connectivity index (χ1) is 7.76. The van der Waals surface area contributed by atoms with Gasteiger partial charge < -0.3 is 24.0 Å². The lowest BCUT2D eigenvalue weighted by Crippen LogP contribution is -3.00. The standard InChI is InChI=1S/C15H20N.HI/c1-12-15(10-6-3-7-11-15)13-8-4-5-9-14(13)16(12)2;/h4-5,8-9H,3,6-7,10-11H2,1-2H3;1H/q+1;/p-1. The number of fused-ring (bicyclic) bond motifs is 2. The summed E-state index contributed by atoms with van der Waals surface area (Å²) in [7, 11) is 2.22. The highest BCUT2D eigenvalue weighted by atomic mass is 127. The lowest BCUT2D eigenvalue weighted by molar-refractivity contribution is -0.403. The van der Waals surface area contributed by atoms with E-state index in [-0.39, 0.29) is 24.0 Å². The maximum Gasteiger partial charge on any atom is 0.209 e. The summed E-state index contributed by atoms with van der Waals surface area (Å²) in [4.78, 5) is 0. The molecule has 1 nitrogen and oxygen atoms in total. The van der Waals surface area contributed by atoms with Crippen molar-refractivity contribution >= 4 is 11.4 Å². The Balaban J connectivity index is 0.00000108. The van der Waals surface area contributed by atoms with E-state index in [1.54, 1.807) is 11.3 Å². The maximum absolute atomic E-state index is 2.40. The first-order valence-corrected chi connectivity index (χ1v) is 6.43. The van der Waals surface area contributed by atoms with Crippen LogP contribution in [0.1, 0.15) is 44.6 Å². The highest BCUT2D eigenvalue weighted by Gasteiger charge is 2.48. The summed E-state index contributed by atoms with van der Waals surface area (Å²) in [5, 5.41) is 0. The molecule has 1 fully saturated rings. The zero-order valence-electron chi connectivity index (χ0n) is 10.7. The van der Waals surface area contributed by atoms with E-state index in [0.29, 0.717) is 5.41 Å². The van der Waals surface area contributed by atoms with E-state index in [1.807, 2.05) is 0 Å². The van der Waals surface area contributed by atoms with Gasteiger partial charge in [0.25, 0.3) is 0 Å². The van der Waals surface area contributed by atoms with Crippen molar-refractivity contribution in [2.75, 3.05) is 7.05 Å². The van der Waals surface area contributed by atoms with Crippen LogP contribution in [0.4, 0.5) is 5.69 Å². The number of para-hydroxylation sites is 1. The summed E-state index contributed by atoms with van der Waals surface area (Å²) in [6.07, 6.45) is 6.89. The summed E-state index contributed by atoms with van der Waals surface area (Å²) in [5.41, 5.74) is 4.95. The molecule has 1 aliphatic heterocycles. The summed E-state index contributed by atoms with van der Waals surface area (Å²) < 4.78 is 2.40. The summed E-state index contributed by atoms with van der Waals surface area (Å²) in [6, 6.07) is 8.96. The molecule has 2 heteroatoms. The van der Waals surface area contributed by atoms with E-state index < -0.39 is 0 Å². The van der Waals surface area contributed by atoms with Crippen LogP contribution in [-0.2, 0) is 5.41 Å². The zero-order chi connectivity index (χ0) is 11.2. The average Bonchev–Trinajstić information content (AvgIpc) is 2.55. The molecule has 0 radical (unpaired) electrons. The van der Waals surface area contributed by atoms with E-state index in [2.05, 4.69) is 42.8 Å². The van der Waals surface area contributed by atoms with Crippen molar-refractivity contribution in [3.05, 3.63) is 29.8 Å². The molecule has 1 spiro atoms. The fraction of sp³-hybridized carbons (Fsp3) is 0.533. The van der Waals surface area contributed by atoms with Gasteiger partial charge in [-0.3, -0.25) is 0 Å². The van der Waals surface area contributed by atoms with Gasteiger partial charge in [0, 0.05) is 18.6 Å². The second-order valence-electron chi connectivity index (χ2n) is 5.30. The first kappa shape index (κ1) is 13.1. The van der Waals surface area contributed by atoms with Crippen molar-refractivity contribution in [3.63, 3.8) is 0 Å². The second kappa shape index (κ2) is 4.71. The van der Waals surface area contributed by atoms with Crippen LogP contribution in [0.25, 0.3) is 0 Å². The molecule has 0 atom stereocenters. The third-order valence-electron chi connectivity index (χ3n) is 4.68. The molecule has 0 amide bonds. The Morgan fingerprint density at radius 3 is 2.41 bits per heavy atom. The molecule has 3 rings (SSSR count). The Morgan fingerprint density at radius 2 is 1.71 bits per heavy atom. The molecular formula is C15H20IN. The van der Waals surface area contributed by atoms with Gasteiger partial charge in [0.2, 0.25) is 5.69 Å². The van der Waals surface area contributed by atoms with Crippen molar-refractivity contribution < 1.29 is 28.6 Å². The highest BCUT2D eigenvalue weighted by molar-refractivity contribution is 5.94. The highest BCUT2D eigenvalue weighted by Crippen LogP contribution is 2.47. The normalized spacial score (nSPS) is 21.3. The van der Waals surface area contributed by atoms with Gasteiger partial charge in [-0.1, -0.05) is 37.5 Å². The molecule has 1 heterocycles. The Hall–Kier alpha value is -0.380. The predicted molar refractivity (Wildman–Crippen MR) is 67.7 cm³/mol. The third kappa shape index (κ3) is 1.76. The van der Waals surface area contributed by atoms with Crippen LogP contribution >= 0.6 is 0 Å². The average molecular weight is 341 g/mol. The zero-order valence-corrected chi connectivity index (χ0v) is 12.8. The number of halogens is 1. The first-order valence-electron chi connectivity index (χ1n) is 6.43. The Morgan fingerprint density at radius 1 is 1.06 bits per heavy atom. The van der Waals surface area contributed by atoms with Crippen LogP contribution in [0, 0.1) is 0 Å². The number of nitrogens with zero attached hydrogens (tertiary/aromatic N) is 1. The molecule has 0 aromatic heterocycles. The number of hydrogen-bond donors (Lipinski definition) is 0. The fourth-order valence-corrected chi connectivity index (χ4v) is 3.65. The van der Waals surface area contributed by atoms with Gasteiger partial charge >= 0.3 is 0 Å². The van der Waals surface area contributed by atoms with Gasteiger partial charge in [0.1, 0.15) is 7.05 Å². The number of rotatable bonds is 0. The van der Waals surface area contributed by atoms with E-state index >= 15 is 0 Å². The van der Waals surface area contributed by atoms with Crippen LogP contribution < -0.4 is 24.0 Å². The Labute approximate surface area is 121 Å². The van der Waals surface area contributed by atoms with Gasteiger partial charge in [-0.05, 0) is 12.8 Å². The topological polar surface area (TPSA) is 3.01 Å². The van der Waals surface area contributed by atoms with Crippen molar-refractivity contribution in [3.8, 4) is 0 Å². The lowest BCUT2D eigenvalue weighted by Gasteiger charge is -2.31. The van der Waals surface area contributed by atoms with Gasteiger partial charge in [0.15, 0.2) is 5.71 Å². The molecule has 0 unspecified atom stereocenters. The van der Waals surface area contributed by atoms with Crippen molar-refractivity contribution in [1.82, 2.24) is 0 Å². The van der Waals surface area contributed by atoms with Crippen molar-refractivity contribution in [2.24, 2.45) is 0 Å². The van der Waals surface area contributed by atoms with E-state index in [4.69, 9.17) is 0 Å². The molecule has 2 aliphatic rings. The molecule has 92 valence electrons. The minimum Gasteiger partial charge on any atom is -1.00 e. The van der Waals surface area contributed by atoms with Crippen molar-refractivity contribution in [2.45, 2.75) is 44.4 Å². The summed E-state index contributed by atoms with van der Waals surface area (Å²) in [6.45, 7) is 2.32. The molecule has 1 aromatic carbocycles. The van der Waals surface area contributed by atoms with Crippen LogP contribution in [0.15, 0.2) is 24.3 Å². The van der Waals surface area contributed by atoms with Gasteiger partial charge in [-0.25, -0.2) is 4.58 Å². The molecule has 1 aliphatic carbocycles. The molecule has 0 bridgehead atoms. The van der Waals surface area contributed by atoms with E-state index in [1.165, 1.54) is 37.8 Å². The largest absolute Gasteiger partial charge is 1.00 e. The molecule has 1 saturated carbocycles.